The van der Waals surface area contributed by atoms with Gasteiger partial charge in [-0.25, -0.2) is 18.7 Å². The van der Waals surface area contributed by atoms with Crippen molar-refractivity contribution in [1.82, 2.24) is 19.9 Å². The maximum absolute atomic E-state index is 13.8. The maximum Gasteiger partial charge on any atom is 0.267 e. The Labute approximate surface area is 180 Å². The van der Waals surface area contributed by atoms with Crippen molar-refractivity contribution in [1.29, 1.82) is 0 Å². The molecule has 0 N–H and O–H groups in total. The number of pyridine rings is 1. The highest BCUT2D eigenvalue weighted by atomic mass is 19.3. The van der Waals surface area contributed by atoms with E-state index in [9.17, 15) is 13.6 Å². The zero-order chi connectivity index (χ0) is 22.0. The van der Waals surface area contributed by atoms with Crippen LogP contribution in [0.1, 0.15) is 49.2 Å². The van der Waals surface area contributed by atoms with Crippen LogP contribution in [0.4, 0.5) is 14.7 Å². The fourth-order valence-electron chi connectivity index (χ4n) is 4.21. The summed E-state index contributed by atoms with van der Waals surface area (Å²) in [6, 6.07) is 5.57. The molecule has 0 aromatic carbocycles. The number of rotatable bonds is 5. The van der Waals surface area contributed by atoms with Crippen molar-refractivity contribution < 1.29 is 18.3 Å². The van der Waals surface area contributed by atoms with E-state index in [1.165, 1.54) is 0 Å². The average Bonchev–Trinajstić information content (AvgIpc) is 3.13. The third-order valence-corrected chi connectivity index (χ3v) is 5.98. The van der Waals surface area contributed by atoms with Crippen LogP contribution in [0.2, 0.25) is 0 Å². The molecule has 0 atom stereocenters. The first-order valence-corrected chi connectivity index (χ1v) is 10.6. The first-order valence-electron chi connectivity index (χ1n) is 10.6. The molecule has 9 heteroatoms. The zero-order valence-electron chi connectivity index (χ0n) is 17.9. The SMILES string of the molecule is COc1ccnc(Cc2cc(C3CCN(C(C)=O)CC3)nc(N3CCC(F)(F)C3)n2)c1. The van der Waals surface area contributed by atoms with E-state index >= 15 is 0 Å². The van der Waals surface area contributed by atoms with Gasteiger partial charge < -0.3 is 14.5 Å². The molecule has 1 amide bonds. The van der Waals surface area contributed by atoms with Crippen LogP contribution in [-0.4, -0.2) is 65.0 Å². The Morgan fingerprint density at radius 2 is 1.97 bits per heavy atom. The summed E-state index contributed by atoms with van der Waals surface area (Å²) < 4.78 is 32.9. The van der Waals surface area contributed by atoms with Crippen molar-refractivity contribution in [2.45, 2.75) is 44.4 Å². The summed E-state index contributed by atoms with van der Waals surface area (Å²) in [6.07, 6.45) is 3.53. The number of hydrogen-bond donors (Lipinski definition) is 0. The second kappa shape index (κ2) is 8.72. The Balaban J connectivity index is 1.61. The number of nitrogens with zero attached hydrogens (tertiary/aromatic N) is 5. The summed E-state index contributed by atoms with van der Waals surface area (Å²) in [5.74, 6) is -1.43. The van der Waals surface area contributed by atoms with Crippen molar-refractivity contribution >= 4 is 11.9 Å². The predicted octanol–water partition coefficient (Wildman–Crippen LogP) is 3.04. The summed E-state index contributed by atoms with van der Waals surface area (Å²) in [4.78, 5) is 28.7. The highest BCUT2D eigenvalue weighted by Gasteiger charge is 2.39. The lowest BCUT2D eigenvalue weighted by atomic mass is 9.92. The Morgan fingerprint density at radius 1 is 1.19 bits per heavy atom. The van der Waals surface area contributed by atoms with Crippen LogP contribution in [0.3, 0.4) is 0 Å². The van der Waals surface area contributed by atoms with Gasteiger partial charge in [0.1, 0.15) is 5.75 Å². The highest BCUT2D eigenvalue weighted by Crippen LogP contribution is 2.32. The lowest BCUT2D eigenvalue weighted by Gasteiger charge is -2.31. The molecule has 2 saturated heterocycles. The molecule has 2 aliphatic rings. The molecule has 166 valence electrons. The van der Waals surface area contributed by atoms with E-state index in [0.717, 1.165) is 29.9 Å². The Bertz CT molecular complexity index is 947. The Morgan fingerprint density at radius 3 is 2.61 bits per heavy atom. The molecule has 7 nitrogen and oxygen atoms in total. The Kier molecular flexibility index (Phi) is 6.02. The molecule has 0 spiro atoms. The molecule has 0 aliphatic carbocycles. The lowest BCUT2D eigenvalue weighted by Crippen LogP contribution is -2.36. The summed E-state index contributed by atoms with van der Waals surface area (Å²) in [7, 11) is 1.60. The van der Waals surface area contributed by atoms with Gasteiger partial charge in [-0.15, -0.1) is 0 Å². The largest absolute Gasteiger partial charge is 0.497 e. The number of halogens is 2. The first kappa shape index (κ1) is 21.4. The molecule has 0 unspecified atom stereocenters. The number of piperidine rings is 1. The van der Waals surface area contributed by atoms with E-state index in [1.807, 2.05) is 17.0 Å². The summed E-state index contributed by atoms with van der Waals surface area (Å²) >= 11 is 0. The lowest BCUT2D eigenvalue weighted by molar-refractivity contribution is -0.129. The minimum atomic E-state index is -2.72. The molecule has 2 aromatic rings. The number of methoxy groups -OCH3 is 1. The molecule has 2 aliphatic heterocycles. The van der Waals surface area contributed by atoms with Gasteiger partial charge in [-0.1, -0.05) is 0 Å². The predicted molar refractivity (Wildman–Crippen MR) is 112 cm³/mol. The van der Waals surface area contributed by atoms with E-state index in [-0.39, 0.29) is 31.3 Å². The summed E-state index contributed by atoms with van der Waals surface area (Å²) in [5.41, 5.74) is 2.37. The number of amides is 1. The summed E-state index contributed by atoms with van der Waals surface area (Å²) in [5, 5.41) is 0. The van der Waals surface area contributed by atoms with Gasteiger partial charge >= 0.3 is 0 Å². The molecule has 31 heavy (non-hydrogen) atoms. The number of alkyl halides is 2. The van der Waals surface area contributed by atoms with E-state index in [2.05, 4.69) is 15.0 Å². The van der Waals surface area contributed by atoms with Gasteiger partial charge in [0.2, 0.25) is 11.9 Å². The first-order chi connectivity index (χ1) is 14.8. The van der Waals surface area contributed by atoms with Crippen LogP contribution in [0, 0.1) is 0 Å². The third-order valence-electron chi connectivity index (χ3n) is 5.98. The van der Waals surface area contributed by atoms with E-state index in [4.69, 9.17) is 4.74 Å². The summed E-state index contributed by atoms with van der Waals surface area (Å²) in [6.45, 7) is 2.80. The van der Waals surface area contributed by atoms with E-state index in [0.29, 0.717) is 31.2 Å². The van der Waals surface area contributed by atoms with Crippen LogP contribution in [0.15, 0.2) is 24.4 Å². The van der Waals surface area contributed by atoms with Crippen molar-refractivity contribution in [2.75, 3.05) is 38.2 Å². The number of aromatic nitrogens is 3. The number of ether oxygens (including phenoxy) is 1. The number of hydrogen-bond acceptors (Lipinski definition) is 6. The van der Waals surface area contributed by atoms with Gasteiger partial charge in [0.25, 0.3) is 5.92 Å². The second-order valence-electron chi connectivity index (χ2n) is 8.26. The van der Waals surface area contributed by atoms with Crippen molar-refractivity contribution in [3.63, 3.8) is 0 Å². The van der Waals surface area contributed by atoms with E-state index < -0.39 is 5.92 Å². The number of carbonyl (C=O) groups excluding carboxylic acids is 1. The van der Waals surface area contributed by atoms with Crippen LogP contribution in [0.5, 0.6) is 5.75 Å². The minimum absolute atomic E-state index is 0.0749. The Hall–Kier alpha value is -2.84. The molecule has 4 heterocycles. The van der Waals surface area contributed by atoms with Gasteiger partial charge in [0, 0.05) is 69.0 Å². The molecular formula is C22H27F2N5O2. The fraction of sp³-hybridized carbons (Fsp3) is 0.545. The van der Waals surface area contributed by atoms with Crippen molar-refractivity contribution in [2.24, 2.45) is 0 Å². The number of anilines is 1. The van der Waals surface area contributed by atoms with Gasteiger partial charge in [-0.2, -0.15) is 0 Å². The molecule has 2 fully saturated rings. The smallest absolute Gasteiger partial charge is 0.267 e. The number of carbonyl (C=O) groups is 1. The van der Waals surface area contributed by atoms with Crippen molar-refractivity contribution in [3.8, 4) is 5.75 Å². The maximum atomic E-state index is 13.8. The highest BCUT2D eigenvalue weighted by molar-refractivity contribution is 5.73. The molecule has 0 saturated carbocycles. The quantitative estimate of drug-likeness (QED) is 0.725. The van der Waals surface area contributed by atoms with Crippen LogP contribution in [0.25, 0.3) is 0 Å². The van der Waals surface area contributed by atoms with Gasteiger partial charge in [0.15, 0.2) is 0 Å². The van der Waals surface area contributed by atoms with Gasteiger partial charge in [-0.3, -0.25) is 9.78 Å². The molecule has 0 bridgehead atoms. The molecular weight excluding hydrogens is 404 g/mol. The van der Waals surface area contributed by atoms with Crippen LogP contribution >= 0.6 is 0 Å². The average molecular weight is 431 g/mol. The van der Waals surface area contributed by atoms with Crippen LogP contribution < -0.4 is 9.64 Å². The van der Waals surface area contributed by atoms with Crippen LogP contribution in [-0.2, 0) is 11.2 Å². The fourth-order valence-corrected chi connectivity index (χ4v) is 4.21. The standard InChI is InChI=1S/C22H27F2N5O2/c1-15(30)28-8-4-16(5-9-28)20-13-18(11-17-12-19(31-2)3-7-25-17)26-21(27-20)29-10-6-22(23,24)14-29/h3,7,12-13,16H,4-6,8-11,14H2,1-2H3. The van der Waals surface area contributed by atoms with E-state index in [1.54, 1.807) is 31.2 Å². The minimum Gasteiger partial charge on any atom is -0.497 e. The zero-order valence-corrected chi connectivity index (χ0v) is 17.9. The second-order valence-corrected chi connectivity index (χ2v) is 8.26. The monoisotopic (exact) mass is 431 g/mol. The van der Waals surface area contributed by atoms with Gasteiger partial charge in [0.05, 0.1) is 19.3 Å². The molecule has 0 radical (unpaired) electrons. The van der Waals surface area contributed by atoms with Gasteiger partial charge in [-0.05, 0) is 25.0 Å². The molecule has 2 aromatic heterocycles. The topological polar surface area (TPSA) is 71.5 Å². The molecule has 4 rings (SSSR count). The van der Waals surface area contributed by atoms with Crippen molar-refractivity contribution in [3.05, 3.63) is 41.5 Å². The normalized spacial score (nSPS) is 19.0. The number of likely N-dealkylation sites (tertiary alicyclic amines) is 1. The third kappa shape index (κ3) is 5.08.